The molecule has 0 spiro atoms. The van der Waals surface area contributed by atoms with Crippen LogP contribution in [-0.4, -0.2) is 53.7 Å². The fraction of sp³-hybridized carbons (Fsp3) is 0.517. The Morgan fingerprint density at radius 1 is 0.791 bits per heavy atom. The van der Waals surface area contributed by atoms with Crippen molar-refractivity contribution < 1.29 is 18.3 Å². The summed E-state index contributed by atoms with van der Waals surface area (Å²) in [5.41, 5.74) is 10.0. The molecule has 0 radical (unpaired) electrons. The van der Waals surface area contributed by atoms with Crippen LogP contribution in [0, 0.1) is 34.5 Å². The van der Waals surface area contributed by atoms with Crippen molar-refractivity contribution in [3.8, 4) is 12.1 Å². The molecule has 0 saturated carbocycles. The maximum Gasteiger partial charge on any atom is 0.228 e. The molecule has 4 N–H and O–H groups in total. The smallest absolute Gasteiger partial charge is 0.228 e. The van der Waals surface area contributed by atoms with Crippen LogP contribution in [0.5, 0.6) is 0 Å². The van der Waals surface area contributed by atoms with Crippen LogP contribution in [0.15, 0.2) is 36.9 Å². The molecule has 12 nitrogen and oxygen atoms in total. The molecule has 2 aliphatic heterocycles. The molecule has 2 fully saturated rings. The molecular formula is C29H36F2N10O2. The van der Waals surface area contributed by atoms with Crippen molar-refractivity contribution in [2.75, 3.05) is 11.5 Å². The first-order valence-corrected chi connectivity index (χ1v) is 13.7. The van der Waals surface area contributed by atoms with Gasteiger partial charge in [-0.2, -0.15) is 20.7 Å². The second-order valence-corrected chi connectivity index (χ2v) is 10.7. The van der Waals surface area contributed by atoms with E-state index < -0.39 is 23.5 Å². The van der Waals surface area contributed by atoms with Crippen LogP contribution in [0.4, 0.5) is 20.4 Å². The average molecular weight is 595 g/mol. The van der Waals surface area contributed by atoms with E-state index in [-0.39, 0.29) is 43.1 Å². The van der Waals surface area contributed by atoms with Gasteiger partial charge in [0.25, 0.3) is 0 Å². The van der Waals surface area contributed by atoms with Crippen LogP contribution in [0.2, 0.25) is 0 Å². The van der Waals surface area contributed by atoms with Gasteiger partial charge in [0.1, 0.15) is 35.8 Å². The van der Waals surface area contributed by atoms with E-state index in [1.807, 2.05) is 26.0 Å². The molecule has 4 aromatic heterocycles. The predicted octanol–water partition coefficient (Wildman–Crippen LogP) is 4.26. The first-order valence-electron chi connectivity index (χ1n) is 13.7. The number of ether oxygens (including phenoxy) is 2. The summed E-state index contributed by atoms with van der Waals surface area (Å²) in [5.74, 6) is -0.172. The van der Waals surface area contributed by atoms with Crippen LogP contribution in [0.1, 0.15) is 59.4 Å². The lowest BCUT2D eigenvalue weighted by Crippen LogP contribution is -2.35. The van der Waals surface area contributed by atoms with Crippen molar-refractivity contribution in [2.24, 2.45) is 11.8 Å². The van der Waals surface area contributed by atoms with Crippen molar-refractivity contribution >= 4 is 22.7 Å². The number of nitrogen functional groups attached to an aromatic ring is 2. The lowest BCUT2D eigenvalue weighted by Gasteiger charge is -2.23. The van der Waals surface area contributed by atoms with Gasteiger partial charge in [0.2, 0.25) is 11.2 Å². The fourth-order valence-electron chi connectivity index (χ4n) is 6.01. The second-order valence-electron chi connectivity index (χ2n) is 10.7. The molecule has 43 heavy (non-hydrogen) atoms. The third-order valence-corrected chi connectivity index (χ3v) is 8.41. The number of nitrogens with two attached hydrogens (primary N) is 2. The van der Waals surface area contributed by atoms with E-state index in [9.17, 15) is 19.3 Å². The zero-order chi connectivity index (χ0) is 30.4. The van der Waals surface area contributed by atoms with Gasteiger partial charge in [-0.15, -0.1) is 0 Å². The summed E-state index contributed by atoms with van der Waals surface area (Å²) < 4.78 is 44.1. The van der Waals surface area contributed by atoms with Crippen molar-refractivity contribution in [3.05, 3.63) is 48.3 Å². The molecule has 14 heteroatoms. The van der Waals surface area contributed by atoms with E-state index in [1.165, 1.54) is 21.7 Å². The molecular weight excluding hydrogens is 558 g/mol. The van der Waals surface area contributed by atoms with Crippen LogP contribution >= 0.6 is 0 Å². The number of anilines is 2. The largest absolute Gasteiger partial charge is 0.382 e. The average Bonchev–Trinajstić information content (AvgIpc) is 3.75. The molecule has 2 aliphatic rings. The van der Waals surface area contributed by atoms with E-state index in [0.717, 1.165) is 0 Å². The standard InChI is InChI=1S/2C14H16FN5O.CH4/c2*1-3-10-8(2)12(15)14(6-16,21-10)11-5-4-9-13(17)18-7-19-20(9)11;/h2*4-5,7-8,10,12H,3H2,1-2H3,(H2,17,18,19);1H4/t8-,10-,12-,14?;8-,10-,12-,14+;/m11./s1. The number of hydrogen-bond donors (Lipinski definition) is 2. The number of nitrogens with zero attached hydrogens (tertiary/aromatic N) is 8. The van der Waals surface area contributed by atoms with Crippen LogP contribution in [-0.2, 0) is 20.7 Å². The van der Waals surface area contributed by atoms with E-state index in [1.54, 1.807) is 38.1 Å². The van der Waals surface area contributed by atoms with Gasteiger partial charge in [-0.3, -0.25) is 0 Å². The minimum absolute atomic E-state index is 0. The SMILES string of the molecule is C.CC[C@H]1OC(C#N)(c2ccc3c(N)ncnn23)[C@H](F)[C@@H]1C.CC[C@H]1O[C@@](C#N)(c2ccc3c(N)ncnn23)[C@H](F)[C@@H]1C. The molecule has 0 aromatic carbocycles. The van der Waals surface area contributed by atoms with E-state index in [2.05, 4.69) is 20.2 Å². The maximum absolute atomic E-state index is 14.8. The Hall–Kier alpha value is -4.40. The summed E-state index contributed by atoms with van der Waals surface area (Å²) in [7, 11) is 0. The van der Waals surface area contributed by atoms with Gasteiger partial charge in [-0.25, -0.2) is 27.8 Å². The quantitative estimate of drug-likeness (QED) is 0.347. The summed E-state index contributed by atoms with van der Waals surface area (Å²) in [6, 6.07) is 10.6. The molecule has 1 unspecified atom stereocenters. The van der Waals surface area contributed by atoms with E-state index in [4.69, 9.17) is 20.9 Å². The van der Waals surface area contributed by atoms with Crippen molar-refractivity contribution in [1.82, 2.24) is 29.2 Å². The highest BCUT2D eigenvalue weighted by Gasteiger charge is 2.58. The van der Waals surface area contributed by atoms with Crippen LogP contribution in [0.25, 0.3) is 11.0 Å². The van der Waals surface area contributed by atoms with Crippen LogP contribution in [0.3, 0.4) is 0 Å². The number of fused-ring (bicyclic) bond motifs is 2. The van der Waals surface area contributed by atoms with Crippen molar-refractivity contribution in [3.63, 3.8) is 0 Å². The topological polar surface area (TPSA) is 178 Å². The Labute approximate surface area is 248 Å². The van der Waals surface area contributed by atoms with Gasteiger partial charge in [-0.05, 0) is 37.1 Å². The monoisotopic (exact) mass is 594 g/mol. The van der Waals surface area contributed by atoms with Crippen molar-refractivity contribution in [1.29, 1.82) is 10.5 Å². The summed E-state index contributed by atoms with van der Waals surface area (Å²) in [4.78, 5) is 7.78. The zero-order valence-corrected chi connectivity index (χ0v) is 23.6. The lowest BCUT2D eigenvalue weighted by molar-refractivity contribution is -0.0334. The third-order valence-electron chi connectivity index (χ3n) is 8.41. The van der Waals surface area contributed by atoms with E-state index >= 15 is 0 Å². The molecule has 0 bridgehead atoms. The highest BCUT2D eigenvalue weighted by atomic mass is 19.1. The predicted molar refractivity (Wildman–Crippen MR) is 155 cm³/mol. The number of rotatable bonds is 4. The first-order chi connectivity index (χ1) is 20.1. The number of halogens is 2. The Kier molecular flexibility index (Phi) is 8.58. The van der Waals surface area contributed by atoms with Crippen LogP contribution < -0.4 is 11.5 Å². The highest BCUT2D eigenvalue weighted by molar-refractivity contribution is 5.66. The van der Waals surface area contributed by atoms with Gasteiger partial charge in [0, 0.05) is 11.8 Å². The molecule has 0 amide bonds. The highest BCUT2D eigenvalue weighted by Crippen LogP contribution is 2.47. The minimum atomic E-state index is -1.66. The molecule has 2 saturated heterocycles. The first kappa shape index (κ1) is 31.5. The van der Waals surface area contributed by atoms with Gasteiger partial charge in [0.15, 0.2) is 24.0 Å². The van der Waals surface area contributed by atoms with E-state index in [0.29, 0.717) is 35.3 Å². The summed E-state index contributed by atoms with van der Waals surface area (Å²) >= 11 is 0. The maximum atomic E-state index is 14.8. The normalized spacial score (nSPS) is 31.6. The number of aromatic nitrogens is 6. The zero-order valence-electron chi connectivity index (χ0n) is 23.6. The molecule has 0 aliphatic carbocycles. The Bertz CT molecular complexity index is 1570. The Balaban J connectivity index is 0.000000192. The number of nitriles is 2. The van der Waals surface area contributed by atoms with Gasteiger partial charge < -0.3 is 20.9 Å². The van der Waals surface area contributed by atoms with Gasteiger partial charge in [-0.1, -0.05) is 35.1 Å². The molecule has 6 heterocycles. The second kappa shape index (κ2) is 11.7. The summed E-state index contributed by atoms with van der Waals surface area (Å²) in [6.07, 6.45) is 0.383. The fourth-order valence-corrected chi connectivity index (χ4v) is 6.01. The minimum Gasteiger partial charge on any atom is -0.382 e. The molecule has 6 rings (SSSR count). The van der Waals surface area contributed by atoms with Gasteiger partial charge in [0.05, 0.1) is 23.6 Å². The molecule has 4 aromatic rings. The third kappa shape index (κ3) is 4.62. The molecule has 228 valence electrons. The Morgan fingerprint density at radius 2 is 1.16 bits per heavy atom. The summed E-state index contributed by atoms with van der Waals surface area (Å²) in [5, 5.41) is 27.4. The lowest BCUT2D eigenvalue weighted by atomic mass is 9.89. The van der Waals surface area contributed by atoms with Crippen molar-refractivity contribution in [2.45, 2.75) is 83.7 Å². The number of alkyl halides is 2. The summed E-state index contributed by atoms with van der Waals surface area (Å²) in [6.45, 7) is 7.35. The van der Waals surface area contributed by atoms with Gasteiger partial charge >= 0.3 is 0 Å². The molecule has 8 atom stereocenters. The number of hydrogen-bond acceptors (Lipinski definition) is 10. The Morgan fingerprint density at radius 3 is 1.47 bits per heavy atom.